The number of fused-ring (bicyclic) bond motifs is 1. The van der Waals surface area contributed by atoms with Crippen molar-refractivity contribution in [2.24, 2.45) is 11.8 Å². The number of carbonyl (C=O) groups excluding carboxylic acids is 2. The molecular formula is C20H25N3O2. The lowest BCUT2D eigenvalue weighted by Gasteiger charge is -2.44. The van der Waals surface area contributed by atoms with Gasteiger partial charge in [-0.2, -0.15) is 5.26 Å². The highest BCUT2D eigenvalue weighted by Crippen LogP contribution is 2.37. The summed E-state index contributed by atoms with van der Waals surface area (Å²) in [5, 5.41) is 15.2. The Balaban J connectivity index is 1.63. The summed E-state index contributed by atoms with van der Waals surface area (Å²) in [6, 6.07) is 9.04. The molecule has 2 aliphatic rings. The zero-order valence-corrected chi connectivity index (χ0v) is 14.6. The summed E-state index contributed by atoms with van der Waals surface area (Å²) >= 11 is 0. The molecule has 1 aliphatic heterocycles. The Kier molecular flexibility index (Phi) is 5.37. The molecule has 4 unspecified atom stereocenters. The molecule has 1 aromatic carbocycles. The van der Waals surface area contributed by atoms with Crippen molar-refractivity contribution in [3.05, 3.63) is 35.4 Å². The molecule has 1 heterocycles. The van der Waals surface area contributed by atoms with Gasteiger partial charge in [-0.1, -0.05) is 19.4 Å². The quantitative estimate of drug-likeness (QED) is 0.885. The standard InChI is InChI=1S/C20H25N3O2/c1-2-4-14-10-19(24)23-18-11-16(7-8-17(14)18)22-20(25)15-6-3-5-13(9-15)12-21/h3,5-6,9,14,16-18H,2,4,7-8,10-11H2,1H3,(H,22,25)(H,23,24). The van der Waals surface area contributed by atoms with Crippen LogP contribution in [0.15, 0.2) is 24.3 Å². The van der Waals surface area contributed by atoms with Crippen LogP contribution in [-0.2, 0) is 4.79 Å². The fourth-order valence-corrected chi connectivity index (χ4v) is 4.40. The first-order chi connectivity index (χ1) is 12.1. The second kappa shape index (κ2) is 7.69. The molecular weight excluding hydrogens is 314 g/mol. The third kappa shape index (κ3) is 4.01. The Hall–Kier alpha value is -2.35. The van der Waals surface area contributed by atoms with Crippen LogP contribution in [0.5, 0.6) is 0 Å². The van der Waals surface area contributed by atoms with Gasteiger partial charge >= 0.3 is 0 Å². The third-order valence-corrected chi connectivity index (χ3v) is 5.55. The van der Waals surface area contributed by atoms with Crippen LogP contribution in [0.4, 0.5) is 0 Å². The van der Waals surface area contributed by atoms with Crippen LogP contribution in [0.3, 0.4) is 0 Å². The van der Waals surface area contributed by atoms with Gasteiger partial charge in [-0.05, 0) is 55.7 Å². The van der Waals surface area contributed by atoms with E-state index in [1.165, 1.54) is 0 Å². The highest BCUT2D eigenvalue weighted by molar-refractivity contribution is 5.94. The SMILES string of the molecule is CCCC1CC(=O)NC2CC(NC(=O)c3cccc(C#N)c3)CCC12. The number of hydrogen-bond acceptors (Lipinski definition) is 3. The smallest absolute Gasteiger partial charge is 0.251 e. The first-order valence-electron chi connectivity index (χ1n) is 9.21. The Morgan fingerprint density at radius 2 is 2.24 bits per heavy atom. The fraction of sp³-hybridized carbons (Fsp3) is 0.550. The average Bonchev–Trinajstić information content (AvgIpc) is 2.61. The number of nitrogens with one attached hydrogen (secondary N) is 2. The molecule has 3 rings (SSSR count). The number of nitrogens with zero attached hydrogens (tertiary/aromatic N) is 1. The van der Waals surface area contributed by atoms with Gasteiger partial charge in [-0.15, -0.1) is 0 Å². The molecule has 0 radical (unpaired) electrons. The van der Waals surface area contributed by atoms with Crippen LogP contribution in [0.2, 0.25) is 0 Å². The first-order valence-corrected chi connectivity index (χ1v) is 9.21. The molecule has 132 valence electrons. The summed E-state index contributed by atoms with van der Waals surface area (Å²) in [6.45, 7) is 2.17. The van der Waals surface area contributed by atoms with Crippen LogP contribution in [0.25, 0.3) is 0 Å². The van der Waals surface area contributed by atoms with Crippen molar-refractivity contribution in [3.63, 3.8) is 0 Å². The fourth-order valence-electron chi connectivity index (χ4n) is 4.40. The van der Waals surface area contributed by atoms with Crippen molar-refractivity contribution >= 4 is 11.8 Å². The largest absolute Gasteiger partial charge is 0.353 e. The maximum Gasteiger partial charge on any atom is 0.251 e. The Bertz CT molecular complexity index is 694. The molecule has 1 saturated heterocycles. The lowest BCUT2D eigenvalue weighted by molar-refractivity contribution is -0.127. The second-order valence-corrected chi connectivity index (χ2v) is 7.27. The maximum atomic E-state index is 12.5. The maximum absolute atomic E-state index is 12.5. The molecule has 5 nitrogen and oxygen atoms in total. The van der Waals surface area contributed by atoms with Crippen molar-refractivity contribution < 1.29 is 9.59 Å². The first kappa shape index (κ1) is 17.5. The summed E-state index contributed by atoms with van der Waals surface area (Å²) in [6.07, 6.45) is 5.64. The number of rotatable bonds is 4. The third-order valence-electron chi connectivity index (χ3n) is 5.55. The molecule has 2 N–H and O–H groups in total. The van der Waals surface area contributed by atoms with Crippen LogP contribution in [0, 0.1) is 23.2 Å². The minimum absolute atomic E-state index is 0.0696. The van der Waals surface area contributed by atoms with Gasteiger partial charge in [0.15, 0.2) is 0 Å². The topological polar surface area (TPSA) is 82.0 Å². The van der Waals surface area contributed by atoms with Crippen molar-refractivity contribution in [2.45, 2.75) is 57.5 Å². The van der Waals surface area contributed by atoms with E-state index < -0.39 is 0 Å². The zero-order valence-electron chi connectivity index (χ0n) is 14.6. The van der Waals surface area contributed by atoms with Gasteiger partial charge in [0.05, 0.1) is 11.6 Å². The van der Waals surface area contributed by atoms with E-state index in [1.54, 1.807) is 24.3 Å². The number of piperidine rings is 1. The molecule has 1 aromatic rings. The number of amides is 2. The predicted molar refractivity (Wildman–Crippen MR) is 94.7 cm³/mol. The number of nitriles is 1. The summed E-state index contributed by atoms with van der Waals surface area (Å²) in [5.74, 6) is 1.02. The highest BCUT2D eigenvalue weighted by atomic mass is 16.2. The van der Waals surface area contributed by atoms with Crippen LogP contribution in [-0.4, -0.2) is 23.9 Å². The van der Waals surface area contributed by atoms with Gasteiger partial charge in [0.1, 0.15) is 0 Å². The molecule has 0 spiro atoms. The van der Waals surface area contributed by atoms with E-state index in [4.69, 9.17) is 5.26 Å². The van der Waals surface area contributed by atoms with Gasteiger partial charge in [0.2, 0.25) is 5.91 Å². The Labute approximate surface area is 148 Å². The summed E-state index contributed by atoms with van der Waals surface area (Å²) in [4.78, 5) is 24.5. The summed E-state index contributed by atoms with van der Waals surface area (Å²) < 4.78 is 0. The van der Waals surface area contributed by atoms with Gasteiger partial charge < -0.3 is 10.6 Å². The zero-order chi connectivity index (χ0) is 17.8. The predicted octanol–water partition coefficient (Wildman–Crippen LogP) is 2.76. The molecule has 25 heavy (non-hydrogen) atoms. The van der Waals surface area contributed by atoms with E-state index in [0.717, 1.165) is 32.1 Å². The van der Waals surface area contributed by atoms with E-state index in [0.29, 0.717) is 29.4 Å². The van der Waals surface area contributed by atoms with Gasteiger partial charge in [-0.3, -0.25) is 9.59 Å². The van der Waals surface area contributed by atoms with Crippen LogP contribution >= 0.6 is 0 Å². The molecule has 1 saturated carbocycles. The van der Waals surface area contributed by atoms with Gasteiger partial charge in [0, 0.05) is 24.1 Å². The molecule has 0 aromatic heterocycles. The van der Waals surface area contributed by atoms with E-state index >= 15 is 0 Å². The summed E-state index contributed by atoms with van der Waals surface area (Å²) in [7, 11) is 0. The van der Waals surface area contributed by atoms with Crippen molar-refractivity contribution in [1.82, 2.24) is 10.6 Å². The molecule has 4 atom stereocenters. The van der Waals surface area contributed by atoms with Crippen molar-refractivity contribution in [1.29, 1.82) is 5.26 Å². The van der Waals surface area contributed by atoms with E-state index in [-0.39, 0.29) is 23.9 Å². The molecule has 2 amide bonds. The minimum atomic E-state index is -0.146. The average molecular weight is 339 g/mol. The minimum Gasteiger partial charge on any atom is -0.353 e. The van der Waals surface area contributed by atoms with Gasteiger partial charge in [-0.25, -0.2) is 0 Å². The summed E-state index contributed by atoms with van der Waals surface area (Å²) in [5.41, 5.74) is 0.996. The number of carbonyl (C=O) groups is 2. The lowest BCUT2D eigenvalue weighted by Crippen LogP contribution is -2.55. The molecule has 2 fully saturated rings. The lowest BCUT2D eigenvalue weighted by atomic mass is 9.70. The highest BCUT2D eigenvalue weighted by Gasteiger charge is 2.40. The Morgan fingerprint density at radius 3 is 3.00 bits per heavy atom. The van der Waals surface area contributed by atoms with Crippen molar-refractivity contribution in [2.75, 3.05) is 0 Å². The van der Waals surface area contributed by atoms with Crippen LogP contribution < -0.4 is 10.6 Å². The van der Waals surface area contributed by atoms with Crippen molar-refractivity contribution in [3.8, 4) is 6.07 Å². The van der Waals surface area contributed by atoms with Crippen LogP contribution in [0.1, 0.15) is 61.4 Å². The molecule has 0 bridgehead atoms. The van der Waals surface area contributed by atoms with Gasteiger partial charge in [0.25, 0.3) is 5.91 Å². The second-order valence-electron chi connectivity index (χ2n) is 7.27. The van der Waals surface area contributed by atoms with E-state index in [2.05, 4.69) is 23.6 Å². The molecule has 1 aliphatic carbocycles. The normalized spacial score (nSPS) is 28.4. The van der Waals surface area contributed by atoms with E-state index in [9.17, 15) is 9.59 Å². The monoisotopic (exact) mass is 339 g/mol. The number of benzene rings is 1. The Morgan fingerprint density at radius 1 is 1.40 bits per heavy atom. The van der Waals surface area contributed by atoms with E-state index in [1.807, 2.05) is 0 Å². The molecule has 5 heteroatoms. The number of hydrogen-bond donors (Lipinski definition) is 2.